The lowest BCUT2D eigenvalue weighted by molar-refractivity contribution is -0.118. The number of nitrogens with zero attached hydrogens (tertiary/aromatic N) is 1. The zero-order chi connectivity index (χ0) is 20.6. The lowest BCUT2D eigenvalue weighted by Crippen LogP contribution is -2.44. The van der Waals surface area contributed by atoms with Gasteiger partial charge >= 0.3 is 0 Å². The van der Waals surface area contributed by atoms with E-state index in [9.17, 15) is 14.7 Å². The number of hydrogen-bond acceptors (Lipinski definition) is 6. The molecule has 3 rings (SSSR count). The van der Waals surface area contributed by atoms with Gasteiger partial charge in [0.1, 0.15) is 11.8 Å². The number of benzene rings is 2. The first kappa shape index (κ1) is 20.9. The molecule has 0 fully saturated rings. The number of aromatic nitrogens is 1. The highest BCUT2D eigenvalue weighted by Gasteiger charge is 2.22. The van der Waals surface area contributed by atoms with Crippen molar-refractivity contribution in [3.05, 3.63) is 65.5 Å². The topological polar surface area (TPSA) is 91.3 Å². The summed E-state index contributed by atoms with van der Waals surface area (Å²) in [7, 11) is 0. The van der Waals surface area contributed by atoms with Crippen molar-refractivity contribution in [2.24, 2.45) is 0 Å². The molecule has 2 amide bonds. The van der Waals surface area contributed by atoms with Gasteiger partial charge in [-0.05, 0) is 42.7 Å². The molecular weight excluding hydrogens is 406 g/mol. The van der Waals surface area contributed by atoms with E-state index in [0.29, 0.717) is 17.1 Å². The molecule has 0 aliphatic rings. The Morgan fingerprint density at radius 2 is 1.86 bits per heavy atom. The molecule has 1 atom stereocenters. The second-order valence-electron chi connectivity index (χ2n) is 6.25. The van der Waals surface area contributed by atoms with Crippen molar-refractivity contribution in [3.63, 3.8) is 0 Å². The molecule has 2 aromatic carbocycles. The van der Waals surface area contributed by atoms with Crippen LogP contribution in [0.1, 0.15) is 16.8 Å². The third-order valence-corrected chi connectivity index (χ3v) is 5.57. The van der Waals surface area contributed by atoms with Gasteiger partial charge in [-0.2, -0.15) is 11.8 Å². The number of nitrogens with one attached hydrogen (secondary N) is 2. The SMILES string of the molecule is CSCC[C@H](NC(=O)c1ccc(O)cc1)C(=O)Nc1nc(-c2ccccc2)cs1. The van der Waals surface area contributed by atoms with Gasteiger partial charge in [0.15, 0.2) is 5.13 Å². The fourth-order valence-corrected chi connectivity index (χ4v) is 3.82. The van der Waals surface area contributed by atoms with Crippen LogP contribution < -0.4 is 10.6 Å². The lowest BCUT2D eigenvalue weighted by Gasteiger charge is -2.17. The molecule has 29 heavy (non-hydrogen) atoms. The van der Waals surface area contributed by atoms with Gasteiger partial charge in [0, 0.05) is 16.5 Å². The Hall–Kier alpha value is -2.84. The van der Waals surface area contributed by atoms with Crippen LogP contribution >= 0.6 is 23.1 Å². The highest BCUT2D eigenvalue weighted by atomic mass is 32.2. The van der Waals surface area contributed by atoms with Gasteiger partial charge < -0.3 is 15.7 Å². The summed E-state index contributed by atoms with van der Waals surface area (Å²) in [5.41, 5.74) is 2.15. The molecule has 0 aliphatic carbocycles. The standard InChI is InChI=1S/C21H21N3O3S2/c1-28-12-11-17(22-19(26)15-7-9-16(25)10-8-15)20(27)24-21-23-18(13-29-21)14-5-3-2-4-6-14/h2-10,13,17,25H,11-12H2,1H3,(H,22,26)(H,23,24,27)/t17-/m0/s1. The number of carbonyl (C=O) groups is 2. The van der Waals surface area contributed by atoms with Gasteiger partial charge in [-0.1, -0.05) is 30.3 Å². The highest BCUT2D eigenvalue weighted by Crippen LogP contribution is 2.24. The van der Waals surface area contributed by atoms with Gasteiger partial charge in [-0.15, -0.1) is 11.3 Å². The number of hydrogen-bond donors (Lipinski definition) is 3. The Morgan fingerprint density at radius 1 is 1.14 bits per heavy atom. The molecule has 1 aromatic heterocycles. The maximum absolute atomic E-state index is 12.8. The van der Waals surface area contributed by atoms with Crippen molar-refractivity contribution in [2.75, 3.05) is 17.3 Å². The smallest absolute Gasteiger partial charge is 0.251 e. The summed E-state index contributed by atoms with van der Waals surface area (Å²) >= 11 is 2.94. The molecule has 0 saturated heterocycles. The minimum atomic E-state index is -0.687. The monoisotopic (exact) mass is 427 g/mol. The average Bonchev–Trinajstić information content (AvgIpc) is 3.20. The normalized spacial score (nSPS) is 11.6. The van der Waals surface area contributed by atoms with Crippen LogP contribution in [0.2, 0.25) is 0 Å². The van der Waals surface area contributed by atoms with Crippen molar-refractivity contribution in [1.29, 1.82) is 0 Å². The number of amides is 2. The molecule has 0 aliphatic heterocycles. The summed E-state index contributed by atoms with van der Waals surface area (Å²) < 4.78 is 0. The Bertz CT molecular complexity index is 959. The van der Waals surface area contributed by atoms with E-state index < -0.39 is 6.04 Å². The van der Waals surface area contributed by atoms with Crippen LogP contribution in [-0.2, 0) is 4.79 Å². The number of carbonyl (C=O) groups excluding carboxylic acids is 2. The zero-order valence-corrected chi connectivity index (χ0v) is 17.4. The number of rotatable bonds is 8. The van der Waals surface area contributed by atoms with Gasteiger partial charge in [0.25, 0.3) is 5.91 Å². The fourth-order valence-electron chi connectivity index (χ4n) is 2.62. The van der Waals surface area contributed by atoms with Gasteiger partial charge in [-0.25, -0.2) is 4.98 Å². The van der Waals surface area contributed by atoms with E-state index >= 15 is 0 Å². The maximum Gasteiger partial charge on any atom is 0.251 e. The first-order valence-corrected chi connectivity index (χ1v) is 11.2. The van der Waals surface area contributed by atoms with Gasteiger partial charge in [-0.3, -0.25) is 9.59 Å². The number of aromatic hydroxyl groups is 1. The van der Waals surface area contributed by atoms with E-state index in [2.05, 4.69) is 15.6 Å². The van der Waals surface area contributed by atoms with Crippen LogP contribution in [0.25, 0.3) is 11.3 Å². The van der Waals surface area contributed by atoms with Crippen LogP contribution in [0, 0.1) is 0 Å². The molecular formula is C21H21N3O3S2. The molecule has 3 aromatic rings. The van der Waals surface area contributed by atoms with E-state index in [-0.39, 0.29) is 17.6 Å². The van der Waals surface area contributed by atoms with E-state index in [0.717, 1.165) is 17.0 Å². The van der Waals surface area contributed by atoms with Crippen molar-refractivity contribution in [3.8, 4) is 17.0 Å². The largest absolute Gasteiger partial charge is 0.508 e. The Morgan fingerprint density at radius 3 is 2.55 bits per heavy atom. The minimum Gasteiger partial charge on any atom is -0.508 e. The molecule has 3 N–H and O–H groups in total. The third kappa shape index (κ3) is 5.82. The minimum absolute atomic E-state index is 0.0798. The average molecular weight is 428 g/mol. The first-order chi connectivity index (χ1) is 14.1. The summed E-state index contributed by atoms with van der Waals surface area (Å²) in [4.78, 5) is 29.7. The van der Waals surface area contributed by atoms with E-state index in [1.54, 1.807) is 11.8 Å². The second kappa shape index (κ2) is 10.1. The van der Waals surface area contributed by atoms with Gasteiger partial charge in [0.2, 0.25) is 5.91 Å². The number of phenolic OH excluding ortho intramolecular Hbond substituents is 1. The summed E-state index contributed by atoms with van der Waals surface area (Å²) in [5.74, 6) is 0.132. The van der Waals surface area contributed by atoms with Crippen molar-refractivity contribution < 1.29 is 14.7 Å². The van der Waals surface area contributed by atoms with Crippen LogP contribution in [-0.4, -0.2) is 40.0 Å². The van der Waals surface area contributed by atoms with Crippen molar-refractivity contribution in [1.82, 2.24) is 10.3 Å². The molecule has 0 spiro atoms. The van der Waals surface area contributed by atoms with Crippen molar-refractivity contribution in [2.45, 2.75) is 12.5 Å². The first-order valence-electron chi connectivity index (χ1n) is 8.97. The van der Waals surface area contributed by atoms with Gasteiger partial charge in [0.05, 0.1) is 5.69 Å². The third-order valence-electron chi connectivity index (χ3n) is 4.17. The van der Waals surface area contributed by atoms with Crippen LogP contribution in [0.3, 0.4) is 0 Å². The highest BCUT2D eigenvalue weighted by molar-refractivity contribution is 7.98. The summed E-state index contributed by atoms with van der Waals surface area (Å²) in [6.45, 7) is 0. The predicted octanol–water partition coefficient (Wildman–Crippen LogP) is 4.01. The Labute approximate surface area is 177 Å². The fraction of sp³-hybridized carbons (Fsp3) is 0.190. The molecule has 0 radical (unpaired) electrons. The Balaban J connectivity index is 1.68. The van der Waals surface area contributed by atoms with Crippen LogP contribution in [0.5, 0.6) is 5.75 Å². The number of thioether (sulfide) groups is 1. The zero-order valence-electron chi connectivity index (χ0n) is 15.8. The number of anilines is 1. The molecule has 0 saturated carbocycles. The molecule has 1 heterocycles. The molecule has 0 bridgehead atoms. The molecule has 0 unspecified atom stereocenters. The number of thiazole rings is 1. The predicted molar refractivity (Wildman–Crippen MR) is 119 cm³/mol. The second-order valence-corrected chi connectivity index (χ2v) is 8.09. The maximum atomic E-state index is 12.8. The van der Waals surface area contributed by atoms with Crippen LogP contribution in [0.15, 0.2) is 60.0 Å². The number of phenols is 1. The molecule has 150 valence electrons. The van der Waals surface area contributed by atoms with E-state index in [4.69, 9.17) is 0 Å². The summed E-state index contributed by atoms with van der Waals surface area (Å²) in [5, 5.41) is 17.3. The quantitative estimate of drug-likeness (QED) is 0.505. The lowest BCUT2D eigenvalue weighted by atomic mass is 10.1. The Kier molecular flexibility index (Phi) is 7.26. The summed E-state index contributed by atoms with van der Waals surface area (Å²) in [6.07, 6.45) is 2.44. The van der Waals surface area contributed by atoms with Crippen molar-refractivity contribution >= 4 is 40.0 Å². The summed E-state index contributed by atoms with van der Waals surface area (Å²) in [6, 6.07) is 14.9. The van der Waals surface area contributed by atoms with E-state index in [1.165, 1.54) is 35.6 Å². The van der Waals surface area contributed by atoms with Crippen LogP contribution in [0.4, 0.5) is 5.13 Å². The molecule has 6 nitrogen and oxygen atoms in total. The molecule has 8 heteroatoms. The van der Waals surface area contributed by atoms with E-state index in [1.807, 2.05) is 42.0 Å².